The second kappa shape index (κ2) is 7.64. The van der Waals surface area contributed by atoms with Crippen molar-refractivity contribution in [1.82, 2.24) is 0 Å². The third-order valence-corrected chi connectivity index (χ3v) is 3.79. The van der Waals surface area contributed by atoms with E-state index in [1.54, 1.807) is 6.92 Å². The summed E-state index contributed by atoms with van der Waals surface area (Å²) in [5.41, 5.74) is 2.02. The standard InChI is InChI=1S/C19H23NO2/c1-4-14(2)17-12-8-9-13-18(17)20-19(21)15(3)22-16-10-6-5-7-11-16/h5-15H,4H2,1-3H3,(H,20,21). The largest absolute Gasteiger partial charge is 0.481 e. The van der Waals surface area contributed by atoms with Crippen LogP contribution in [0.2, 0.25) is 0 Å². The van der Waals surface area contributed by atoms with Crippen molar-refractivity contribution in [3.05, 3.63) is 60.2 Å². The van der Waals surface area contributed by atoms with Gasteiger partial charge < -0.3 is 10.1 Å². The Kier molecular flexibility index (Phi) is 5.59. The van der Waals surface area contributed by atoms with Crippen LogP contribution in [0.25, 0.3) is 0 Å². The summed E-state index contributed by atoms with van der Waals surface area (Å²) < 4.78 is 5.66. The maximum atomic E-state index is 12.3. The predicted octanol–water partition coefficient (Wildman–Crippen LogP) is 4.61. The minimum absolute atomic E-state index is 0.139. The highest BCUT2D eigenvalue weighted by atomic mass is 16.5. The molecule has 3 heteroatoms. The Balaban J connectivity index is 2.05. The van der Waals surface area contributed by atoms with Gasteiger partial charge in [0.1, 0.15) is 5.75 Å². The molecule has 1 N–H and O–H groups in total. The Morgan fingerprint density at radius 2 is 1.68 bits per heavy atom. The lowest BCUT2D eigenvalue weighted by Gasteiger charge is -2.18. The van der Waals surface area contributed by atoms with Crippen molar-refractivity contribution >= 4 is 11.6 Å². The number of carbonyl (C=O) groups excluding carboxylic acids is 1. The number of anilines is 1. The average Bonchev–Trinajstić information content (AvgIpc) is 2.55. The molecule has 0 spiro atoms. The number of hydrogen-bond acceptors (Lipinski definition) is 2. The molecule has 2 unspecified atom stereocenters. The number of benzene rings is 2. The zero-order valence-electron chi connectivity index (χ0n) is 13.4. The molecular formula is C19H23NO2. The first-order chi connectivity index (χ1) is 10.6. The number of hydrogen-bond donors (Lipinski definition) is 1. The summed E-state index contributed by atoms with van der Waals surface area (Å²) in [7, 11) is 0. The highest BCUT2D eigenvalue weighted by molar-refractivity contribution is 5.94. The van der Waals surface area contributed by atoms with Crippen LogP contribution in [-0.4, -0.2) is 12.0 Å². The van der Waals surface area contributed by atoms with Crippen molar-refractivity contribution in [2.24, 2.45) is 0 Å². The Morgan fingerprint density at radius 1 is 1.05 bits per heavy atom. The van der Waals surface area contributed by atoms with E-state index in [-0.39, 0.29) is 5.91 Å². The van der Waals surface area contributed by atoms with Gasteiger partial charge in [-0.15, -0.1) is 0 Å². The van der Waals surface area contributed by atoms with Gasteiger partial charge in [0.2, 0.25) is 0 Å². The third kappa shape index (κ3) is 4.10. The van der Waals surface area contributed by atoms with E-state index in [4.69, 9.17) is 4.74 Å². The van der Waals surface area contributed by atoms with Crippen molar-refractivity contribution in [3.8, 4) is 5.75 Å². The zero-order valence-corrected chi connectivity index (χ0v) is 13.4. The van der Waals surface area contributed by atoms with Crippen LogP contribution in [0.5, 0.6) is 5.75 Å². The molecule has 116 valence electrons. The van der Waals surface area contributed by atoms with Gasteiger partial charge in [0.15, 0.2) is 6.10 Å². The van der Waals surface area contributed by atoms with Crippen LogP contribution in [-0.2, 0) is 4.79 Å². The maximum absolute atomic E-state index is 12.3. The van der Waals surface area contributed by atoms with Crippen molar-refractivity contribution in [2.75, 3.05) is 5.32 Å². The molecule has 1 amide bonds. The Morgan fingerprint density at radius 3 is 2.36 bits per heavy atom. The van der Waals surface area contributed by atoms with E-state index < -0.39 is 6.10 Å². The van der Waals surface area contributed by atoms with Gasteiger partial charge in [-0.25, -0.2) is 0 Å². The predicted molar refractivity (Wildman–Crippen MR) is 90.3 cm³/mol. The van der Waals surface area contributed by atoms with Gasteiger partial charge >= 0.3 is 0 Å². The normalized spacial score (nSPS) is 13.2. The van der Waals surface area contributed by atoms with Gasteiger partial charge in [0.25, 0.3) is 5.91 Å². The molecule has 3 nitrogen and oxygen atoms in total. The molecule has 2 rings (SSSR count). The lowest BCUT2D eigenvalue weighted by Crippen LogP contribution is -2.30. The van der Waals surface area contributed by atoms with Gasteiger partial charge in [-0.3, -0.25) is 4.79 Å². The molecule has 0 radical (unpaired) electrons. The summed E-state index contributed by atoms with van der Waals surface area (Å²) in [5, 5.41) is 2.98. The first-order valence-corrected chi connectivity index (χ1v) is 7.73. The van der Waals surface area contributed by atoms with Crippen LogP contribution < -0.4 is 10.1 Å². The van der Waals surface area contributed by atoms with Crippen LogP contribution in [0, 0.1) is 0 Å². The number of carbonyl (C=O) groups is 1. The summed E-state index contributed by atoms with van der Waals surface area (Å²) in [6.07, 6.45) is 0.482. The molecule has 0 aliphatic carbocycles. The molecule has 0 heterocycles. The fourth-order valence-corrected chi connectivity index (χ4v) is 2.25. The van der Waals surface area contributed by atoms with Crippen LogP contribution >= 0.6 is 0 Å². The molecule has 0 saturated heterocycles. The van der Waals surface area contributed by atoms with Crippen LogP contribution in [0.1, 0.15) is 38.7 Å². The minimum Gasteiger partial charge on any atom is -0.481 e. The van der Waals surface area contributed by atoms with Crippen molar-refractivity contribution in [1.29, 1.82) is 0 Å². The summed E-state index contributed by atoms with van der Waals surface area (Å²) in [4.78, 5) is 12.3. The maximum Gasteiger partial charge on any atom is 0.265 e. The number of ether oxygens (including phenoxy) is 1. The Bertz CT molecular complexity index is 610. The van der Waals surface area contributed by atoms with E-state index >= 15 is 0 Å². The molecule has 2 atom stereocenters. The molecule has 22 heavy (non-hydrogen) atoms. The summed E-state index contributed by atoms with van der Waals surface area (Å²) in [5.74, 6) is 0.960. The lowest BCUT2D eigenvalue weighted by molar-refractivity contribution is -0.122. The Hall–Kier alpha value is -2.29. The first-order valence-electron chi connectivity index (χ1n) is 7.73. The van der Waals surface area contributed by atoms with Gasteiger partial charge in [0, 0.05) is 5.69 Å². The average molecular weight is 297 g/mol. The second-order valence-corrected chi connectivity index (χ2v) is 5.46. The van der Waals surface area contributed by atoms with Crippen LogP contribution in [0.15, 0.2) is 54.6 Å². The van der Waals surface area contributed by atoms with Gasteiger partial charge in [0.05, 0.1) is 0 Å². The molecule has 0 fully saturated rings. The topological polar surface area (TPSA) is 38.3 Å². The van der Waals surface area contributed by atoms with E-state index in [0.29, 0.717) is 11.7 Å². The second-order valence-electron chi connectivity index (χ2n) is 5.46. The van der Waals surface area contributed by atoms with E-state index in [1.165, 1.54) is 0 Å². The van der Waals surface area contributed by atoms with Crippen molar-refractivity contribution in [2.45, 2.75) is 39.2 Å². The first kappa shape index (κ1) is 16.1. The zero-order chi connectivity index (χ0) is 15.9. The Labute approximate surface area is 132 Å². The number of nitrogens with one attached hydrogen (secondary N) is 1. The third-order valence-electron chi connectivity index (χ3n) is 3.79. The quantitative estimate of drug-likeness (QED) is 0.845. The summed E-state index contributed by atoms with van der Waals surface area (Å²) >= 11 is 0. The number of rotatable bonds is 6. The van der Waals surface area contributed by atoms with Gasteiger partial charge in [-0.05, 0) is 43.0 Å². The fraction of sp³-hybridized carbons (Fsp3) is 0.316. The van der Waals surface area contributed by atoms with E-state index in [0.717, 1.165) is 17.7 Å². The van der Waals surface area contributed by atoms with Crippen molar-refractivity contribution in [3.63, 3.8) is 0 Å². The molecule has 0 aliphatic rings. The fourth-order valence-electron chi connectivity index (χ4n) is 2.25. The highest BCUT2D eigenvalue weighted by Gasteiger charge is 2.17. The lowest BCUT2D eigenvalue weighted by atomic mass is 9.97. The molecule has 0 aromatic heterocycles. The molecule has 2 aromatic rings. The molecule has 2 aromatic carbocycles. The number of amides is 1. The highest BCUT2D eigenvalue weighted by Crippen LogP contribution is 2.26. The molecule has 0 saturated carbocycles. The van der Waals surface area contributed by atoms with E-state index in [1.807, 2.05) is 48.5 Å². The summed E-state index contributed by atoms with van der Waals surface area (Å²) in [6.45, 7) is 6.06. The molecular weight excluding hydrogens is 274 g/mol. The summed E-state index contributed by atoms with van der Waals surface area (Å²) in [6, 6.07) is 17.3. The monoisotopic (exact) mass is 297 g/mol. The van der Waals surface area contributed by atoms with Gasteiger partial charge in [-0.2, -0.15) is 0 Å². The molecule has 0 aliphatic heterocycles. The molecule has 0 bridgehead atoms. The van der Waals surface area contributed by atoms with E-state index in [2.05, 4.69) is 25.2 Å². The SMILES string of the molecule is CCC(C)c1ccccc1NC(=O)C(C)Oc1ccccc1. The smallest absolute Gasteiger partial charge is 0.265 e. The van der Waals surface area contributed by atoms with Crippen molar-refractivity contribution < 1.29 is 9.53 Å². The van der Waals surface area contributed by atoms with E-state index in [9.17, 15) is 4.79 Å². The van der Waals surface area contributed by atoms with Crippen LogP contribution in [0.3, 0.4) is 0 Å². The number of para-hydroxylation sites is 2. The van der Waals surface area contributed by atoms with Gasteiger partial charge in [-0.1, -0.05) is 50.2 Å². The minimum atomic E-state index is -0.549. The van der Waals surface area contributed by atoms with Crippen LogP contribution in [0.4, 0.5) is 5.69 Å².